The molecule has 1 heterocycles. The summed E-state index contributed by atoms with van der Waals surface area (Å²) < 4.78 is 0. The van der Waals surface area contributed by atoms with Crippen LogP contribution in [0.3, 0.4) is 0 Å². The van der Waals surface area contributed by atoms with Gasteiger partial charge in [-0.15, -0.1) is 0 Å². The summed E-state index contributed by atoms with van der Waals surface area (Å²) >= 11 is 0. The molecule has 0 spiro atoms. The highest BCUT2D eigenvalue weighted by molar-refractivity contribution is 5.78. The zero-order valence-electron chi connectivity index (χ0n) is 10.7. The molecule has 1 atom stereocenters. The quantitative estimate of drug-likeness (QED) is 0.748. The van der Waals surface area contributed by atoms with E-state index < -0.39 is 5.97 Å². The third kappa shape index (κ3) is 4.73. The number of rotatable bonds is 6. The molecule has 0 aliphatic carbocycles. The summed E-state index contributed by atoms with van der Waals surface area (Å²) in [6.07, 6.45) is 2.94. The molecule has 1 aliphatic rings. The van der Waals surface area contributed by atoms with Gasteiger partial charge in [-0.2, -0.15) is 0 Å². The van der Waals surface area contributed by atoms with Crippen LogP contribution >= 0.6 is 0 Å². The lowest BCUT2D eigenvalue weighted by atomic mass is 10.1. The standard InChI is InChI=1S/C12H22N2O3/c1-10(5-6-12(16)17)13(2)9-11(15)14-7-3-4-8-14/h10H,3-9H2,1-2H3,(H,16,17). The van der Waals surface area contributed by atoms with E-state index in [1.54, 1.807) is 0 Å². The fraction of sp³-hybridized carbons (Fsp3) is 0.833. The van der Waals surface area contributed by atoms with E-state index in [1.807, 2.05) is 23.8 Å². The van der Waals surface area contributed by atoms with Crippen molar-refractivity contribution in [2.75, 3.05) is 26.7 Å². The first-order chi connectivity index (χ1) is 8.00. The molecule has 1 N–H and O–H groups in total. The minimum absolute atomic E-state index is 0.123. The summed E-state index contributed by atoms with van der Waals surface area (Å²) in [5, 5.41) is 8.60. The van der Waals surface area contributed by atoms with Crippen molar-refractivity contribution in [2.45, 2.75) is 38.6 Å². The maximum Gasteiger partial charge on any atom is 0.303 e. The van der Waals surface area contributed by atoms with Gasteiger partial charge in [0.25, 0.3) is 0 Å². The fourth-order valence-corrected chi connectivity index (χ4v) is 1.99. The van der Waals surface area contributed by atoms with Crippen LogP contribution < -0.4 is 0 Å². The lowest BCUT2D eigenvalue weighted by Crippen LogP contribution is -2.40. The monoisotopic (exact) mass is 242 g/mol. The van der Waals surface area contributed by atoms with Crippen LogP contribution in [0.25, 0.3) is 0 Å². The minimum Gasteiger partial charge on any atom is -0.481 e. The van der Waals surface area contributed by atoms with Crippen LogP contribution in [-0.4, -0.2) is 59.5 Å². The molecule has 17 heavy (non-hydrogen) atoms. The second-order valence-electron chi connectivity index (χ2n) is 4.78. The van der Waals surface area contributed by atoms with Gasteiger partial charge in [-0.25, -0.2) is 0 Å². The highest BCUT2D eigenvalue weighted by atomic mass is 16.4. The van der Waals surface area contributed by atoms with Crippen molar-refractivity contribution in [1.29, 1.82) is 0 Å². The molecule has 0 saturated carbocycles. The Bertz CT molecular complexity index is 275. The second-order valence-corrected chi connectivity index (χ2v) is 4.78. The van der Waals surface area contributed by atoms with E-state index in [0.717, 1.165) is 25.9 Å². The number of carboxylic acids is 1. The van der Waals surface area contributed by atoms with Crippen molar-refractivity contribution < 1.29 is 14.7 Å². The maximum absolute atomic E-state index is 11.9. The van der Waals surface area contributed by atoms with E-state index in [1.165, 1.54) is 0 Å². The Balaban J connectivity index is 2.29. The van der Waals surface area contributed by atoms with Gasteiger partial charge in [0.15, 0.2) is 0 Å². The third-order valence-corrected chi connectivity index (χ3v) is 3.37. The maximum atomic E-state index is 11.9. The van der Waals surface area contributed by atoms with Gasteiger partial charge in [0.1, 0.15) is 0 Å². The van der Waals surface area contributed by atoms with Crippen LogP contribution in [-0.2, 0) is 9.59 Å². The number of hydrogen-bond acceptors (Lipinski definition) is 3. The Labute approximate surface area is 102 Å². The van der Waals surface area contributed by atoms with Crippen LogP contribution in [0.1, 0.15) is 32.6 Å². The Hall–Kier alpha value is -1.10. The predicted octanol–water partition coefficient (Wildman–Crippen LogP) is 0.794. The summed E-state index contributed by atoms with van der Waals surface area (Å²) in [7, 11) is 1.88. The van der Waals surface area contributed by atoms with Crippen molar-refractivity contribution in [1.82, 2.24) is 9.80 Å². The van der Waals surface area contributed by atoms with Gasteiger partial charge in [-0.3, -0.25) is 14.5 Å². The van der Waals surface area contributed by atoms with Gasteiger partial charge in [0.05, 0.1) is 6.54 Å². The van der Waals surface area contributed by atoms with E-state index in [4.69, 9.17) is 5.11 Å². The van der Waals surface area contributed by atoms with Crippen molar-refractivity contribution >= 4 is 11.9 Å². The van der Waals surface area contributed by atoms with Crippen LogP contribution in [0.4, 0.5) is 0 Å². The average molecular weight is 242 g/mol. The number of carbonyl (C=O) groups excluding carboxylic acids is 1. The number of carboxylic acid groups (broad SMARTS) is 1. The summed E-state index contributed by atoms with van der Waals surface area (Å²) in [4.78, 5) is 26.2. The molecule has 1 saturated heterocycles. The van der Waals surface area contributed by atoms with Crippen molar-refractivity contribution in [2.24, 2.45) is 0 Å². The van der Waals surface area contributed by atoms with Gasteiger partial charge in [-0.1, -0.05) is 0 Å². The Morgan fingerprint density at radius 1 is 1.35 bits per heavy atom. The normalized spacial score (nSPS) is 17.5. The Kier molecular flexibility index (Phi) is 5.41. The van der Waals surface area contributed by atoms with Crippen molar-refractivity contribution in [3.8, 4) is 0 Å². The molecular weight excluding hydrogens is 220 g/mol. The van der Waals surface area contributed by atoms with Gasteiger partial charge >= 0.3 is 5.97 Å². The van der Waals surface area contributed by atoms with Gasteiger partial charge < -0.3 is 10.0 Å². The predicted molar refractivity (Wildman–Crippen MR) is 64.8 cm³/mol. The van der Waals surface area contributed by atoms with Crippen LogP contribution in [0.5, 0.6) is 0 Å². The number of aliphatic carboxylic acids is 1. The summed E-state index contributed by atoms with van der Waals surface area (Å²) in [5.41, 5.74) is 0. The molecule has 0 aromatic rings. The first kappa shape index (κ1) is 14.0. The lowest BCUT2D eigenvalue weighted by molar-refractivity contribution is -0.137. The van der Waals surface area contributed by atoms with Crippen molar-refractivity contribution in [3.05, 3.63) is 0 Å². The molecule has 5 heteroatoms. The van der Waals surface area contributed by atoms with E-state index >= 15 is 0 Å². The molecule has 0 aromatic heterocycles. The zero-order chi connectivity index (χ0) is 12.8. The number of nitrogens with zero attached hydrogens (tertiary/aromatic N) is 2. The van der Waals surface area contributed by atoms with Crippen LogP contribution in [0.15, 0.2) is 0 Å². The molecule has 1 aliphatic heterocycles. The highest BCUT2D eigenvalue weighted by Gasteiger charge is 2.21. The topological polar surface area (TPSA) is 60.9 Å². The van der Waals surface area contributed by atoms with E-state index in [0.29, 0.717) is 13.0 Å². The Morgan fingerprint density at radius 3 is 2.47 bits per heavy atom. The molecule has 0 radical (unpaired) electrons. The smallest absolute Gasteiger partial charge is 0.303 e. The van der Waals surface area contributed by atoms with Crippen LogP contribution in [0.2, 0.25) is 0 Å². The van der Waals surface area contributed by atoms with Gasteiger partial charge in [0, 0.05) is 25.6 Å². The first-order valence-corrected chi connectivity index (χ1v) is 6.20. The molecule has 1 rings (SSSR count). The van der Waals surface area contributed by atoms with E-state index in [9.17, 15) is 9.59 Å². The molecular formula is C12H22N2O3. The third-order valence-electron chi connectivity index (χ3n) is 3.37. The fourth-order valence-electron chi connectivity index (χ4n) is 1.99. The second kappa shape index (κ2) is 6.59. The SMILES string of the molecule is CC(CCC(=O)O)N(C)CC(=O)N1CCCC1. The summed E-state index contributed by atoms with van der Waals surface area (Å²) in [5.74, 6) is -0.622. The number of amides is 1. The van der Waals surface area contributed by atoms with Crippen molar-refractivity contribution in [3.63, 3.8) is 0 Å². The molecule has 0 bridgehead atoms. The molecule has 98 valence electrons. The molecule has 1 fully saturated rings. The van der Waals surface area contributed by atoms with E-state index in [-0.39, 0.29) is 18.4 Å². The van der Waals surface area contributed by atoms with Gasteiger partial charge in [0.2, 0.25) is 5.91 Å². The first-order valence-electron chi connectivity index (χ1n) is 6.20. The molecule has 0 aromatic carbocycles. The molecule has 1 amide bonds. The van der Waals surface area contributed by atoms with Gasteiger partial charge in [-0.05, 0) is 33.2 Å². The number of carbonyl (C=O) groups is 2. The number of hydrogen-bond donors (Lipinski definition) is 1. The van der Waals surface area contributed by atoms with E-state index in [2.05, 4.69) is 0 Å². The lowest BCUT2D eigenvalue weighted by Gasteiger charge is -2.26. The average Bonchev–Trinajstić information content (AvgIpc) is 2.78. The largest absolute Gasteiger partial charge is 0.481 e. The molecule has 1 unspecified atom stereocenters. The van der Waals surface area contributed by atoms with Crippen LogP contribution in [0, 0.1) is 0 Å². The Morgan fingerprint density at radius 2 is 1.94 bits per heavy atom. The summed E-state index contributed by atoms with van der Waals surface area (Å²) in [6.45, 7) is 4.09. The number of likely N-dealkylation sites (tertiary alicyclic amines) is 1. The minimum atomic E-state index is -0.781. The summed E-state index contributed by atoms with van der Waals surface area (Å²) in [6, 6.07) is 0.123. The molecule has 5 nitrogen and oxygen atoms in total. The highest BCUT2D eigenvalue weighted by Crippen LogP contribution is 2.10. The number of likely N-dealkylation sites (N-methyl/N-ethyl adjacent to an activating group) is 1. The zero-order valence-corrected chi connectivity index (χ0v) is 10.7.